The van der Waals surface area contributed by atoms with Crippen LogP contribution in [0.3, 0.4) is 0 Å². The molecule has 8 nitrogen and oxygen atoms in total. The molecule has 1 aromatic heterocycles. The summed E-state index contributed by atoms with van der Waals surface area (Å²) in [6.45, 7) is 2.26. The van der Waals surface area contributed by atoms with Crippen molar-refractivity contribution >= 4 is 12.1 Å². The van der Waals surface area contributed by atoms with Crippen LogP contribution in [0.1, 0.15) is 35.2 Å². The zero-order valence-electron chi connectivity index (χ0n) is 17.9. The van der Waals surface area contributed by atoms with E-state index in [2.05, 4.69) is 32.6 Å². The Morgan fingerprint density at radius 3 is 2.50 bits per heavy atom. The SMILES string of the molecule is Cc1[nH]c(=O)[nH]c(=O)c1CCC(=O)N/N=C/c1ccc(OCCCc2ccccc2)cc1. The lowest BCUT2D eigenvalue weighted by molar-refractivity contribution is -0.121. The minimum Gasteiger partial charge on any atom is -0.494 e. The van der Waals surface area contributed by atoms with Crippen LogP contribution in [0.2, 0.25) is 0 Å². The van der Waals surface area contributed by atoms with Crippen LogP contribution in [0, 0.1) is 6.92 Å². The molecule has 3 aromatic rings. The van der Waals surface area contributed by atoms with Gasteiger partial charge in [-0.2, -0.15) is 5.10 Å². The maximum absolute atomic E-state index is 12.0. The Morgan fingerprint density at radius 2 is 1.78 bits per heavy atom. The third-order valence-corrected chi connectivity index (χ3v) is 4.86. The van der Waals surface area contributed by atoms with Gasteiger partial charge in [0.15, 0.2) is 0 Å². The summed E-state index contributed by atoms with van der Waals surface area (Å²) in [4.78, 5) is 39.6. The average molecular weight is 434 g/mol. The third kappa shape index (κ3) is 7.09. The van der Waals surface area contributed by atoms with Crippen molar-refractivity contribution in [3.8, 4) is 5.75 Å². The van der Waals surface area contributed by atoms with Crippen LogP contribution in [-0.2, 0) is 17.6 Å². The number of benzene rings is 2. The van der Waals surface area contributed by atoms with Crippen molar-refractivity contribution in [2.45, 2.75) is 32.6 Å². The summed E-state index contributed by atoms with van der Waals surface area (Å²) >= 11 is 0. The van der Waals surface area contributed by atoms with Crippen molar-refractivity contribution < 1.29 is 9.53 Å². The average Bonchev–Trinajstić information content (AvgIpc) is 2.78. The predicted molar refractivity (Wildman–Crippen MR) is 123 cm³/mol. The highest BCUT2D eigenvalue weighted by atomic mass is 16.5. The van der Waals surface area contributed by atoms with E-state index < -0.39 is 11.2 Å². The summed E-state index contributed by atoms with van der Waals surface area (Å²) in [5.74, 6) is 0.449. The summed E-state index contributed by atoms with van der Waals surface area (Å²) < 4.78 is 5.76. The minimum atomic E-state index is -0.561. The number of hydrogen-bond acceptors (Lipinski definition) is 5. The number of amides is 1. The van der Waals surface area contributed by atoms with Gasteiger partial charge in [0.05, 0.1) is 12.8 Å². The van der Waals surface area contributed by atoms with E-state index in [-0.39, 0.29) is 18.7 Å². The first-order valence-electron chi connectivity index (χ1n) is 10.4. The predicted octanol–water partition coefficient (Wildman–Crippen LogP) is 2.47. The number of carbonyl (C=O) groups is 1. The first-order chi connectivity index (χ1) is 15.5. The van der Waals surface area contributed by atoms with Crippen molar-refractivity contribution in [3.05, 3.63) is 97.8 Å². The molecule has 3 rings (SSSR count). The van der Waals surface area contributed by atoms with Crippen LogP contribution in [0.25, 0.3) is 0 Å². The molecule has 8 heteroatoms. The van der Waals surface area contributed by atoms with Crippen LogP contribution >= 0.6 is 0 Å². The molecule has 0 aliphatic carbocycles. The Labute approximate surface area is 185 Å². The monoisotopic (exact) mass is 434 g/mol. The normalized spacial score (nSPS) is 10.9. The number of nitrogens with zero attached hydrogens (tertiary/aromatic N) is 1. The molecule has 1 heterocycles. The van der Waals surface area contributed by atoms with Gasteiger partial charge in [0.2, 0.25) is 5.91 Å². The minimum absolute atomic E-state index is 0.0725. The van der Waals surface area contributed by atoms with Gasteiger partial charge in [0.25, 0.3) is 5.56 Å². The Kier molecular flexibility index (Phi) is 8.14. The van der Waals surface area contributed by atoms with Gasteiger partial charge >= 0.3 is 5.69 Å². The first kappa shape index (κ1) is 22.7. The summed E-state index contributed by atoms with van der Waals surface area (Å²) in [6, 6.07) is 17.7. The number of nitrogens with one attached hydrogen (secondary N) is 3. The maximum atomic E-state index is 12.0. The van der Waals surface area contributed by atoms with Crippen molar-refractivity contribution in [1.82, 2.24) is 15.4 Å². The fourth-order valence-corrected chi connectivity index (χ4v) is 3.16. The zero-order chi connectivity index (χ0) is 22.8. The second kappa shape index (κ2) is 11.5. The quantitative estimate of drug-likeness (QED) is 0.258. The molecule has 166 valence electrons. The van der Waals surface area contributed by atoms with Gasteiger partial charge in [0.1, 0.15) is 5.75 Å². The molecule has 0 radical (unpaired) electrons. The van der Waals surface area contributed by atoms with E-state index in [0.717, 1.165) is 24.2 Å². The molecular formula is C24H26N4O4. The van der Waals surface area contributed by atoms with Gasteiger partial charge in [-0.15, -0.1) is 0 Å². The van der Waals surface area contributed by atoms with Crippen molar-refractivity contribution in [3.63, 3.8) is 0 Å². The maximum Gasteiger partial charge on any atom is 0.325 e. The number of aromatic nitrogens is 2. The van der Waals surface area contributed by atoms with Crippen molar-refractivity contribution in [2.24, 2.45) is 5.10 Å². The Morgan fingerprint density at radius 1 is 1.03 bits per heavy atom. The van der Waals surface area contributed by atoms with E-state index in [9.17, 15) is 14.4 Å². The second-order valence-corrected chi connectivity index (χ2v) is 7.31. The molecule has 2 aromatic carbocycles. The summed E-state index contributed by atoms with van der Waals surface area (Å²) in [6.07, 6.45) is 3.72. The molecule has 0 spiro atoms. The summed E-state index contributed by atoms with van der Waals surface area (Å²) in [7, 11) is 0. The number of rotatable bonds is 10. The smallest absolute Gasteiger partial charge is 0.325 e. The first-order valence-corrected chi connectivity index (χ1v) is 10.4. The second-order valence-electron chi connectivity index (χ2n) is 7.31. The van der Waals surface area contributed by atoms with Gasteiger partial charge < -0.3 is 9.72 Å². The highest BCUT2D eigenvalue weighted by molar-refractivity contribution is 5.82. The number of ether oxygens (including phenoxy) is 1. The molecular weight excluding hydrogens is 408 g/mol. The van der Waals surface area contributed by atoms with Gasteiger partial charge in [0, 0.05) is 17.7 Å². The van der Waals surface area contributed by atoms with E-state index in [1.54, 1.807) is 6.92 Å². The van der Waals surface area contributed by atoms with Crippen LogP contribution in [0.4, 0.5) is 0 Å². The van der Waals surface area contributed by atoms with Gasteiger partial charge in [-0.1, -0.05) is 30.3 Å². The number of carbonyl (C=O) groups excluding carboxylic acids is 1. The topological polar surface area (TPSA) is 116 Å². The Hall–Kier alpha value is -3.94. The zero-order valence-corrected chi connectivity index (χ0v) is 17.9. The van der Waals surface area contributed by atoms with Gasteiger partial charge in [-0.3, -0.25) is 14.6 Å². The highest BCUT2D eigenvalue weighted by Gasteiger charge is 2.08. The van der Waals surface area contributed by atoms with E-state index >= 15 is 0 Å². The fourth-order valence-electron chi connectivity index (χ4n) is 3.16. The van der Waals surface area contributed by atoms with E-state index in [4.69, 9.17) is 4.74 Å². The van der Waals surface area contributed by atoms with Gasteiger partial charge in [-0.05, 0) is 61.6 Å². The standard InChI is InChI=1S/C24H26N4O4/c1-17-21(23(30)27-24(31)26-17)13-14-22(29)28-25-16-19-9-11-20(12-10-19)32-15-5-8-18-6-3-2-4-7-18/h2-4,6-7,9-12,16H,5,8,13-15H2,1H3,(H,28,29)(H2,26,27,30,31)/b25-16+. The molecule has 3 N–H and O–H groups in total. The molecule has 0 atom stereocenters. The fraction of sp³-hybridized carbons (Fsp3) is 0.250. The number of aromatic amines is 2. The van der Waals surface area contributed by atoms with Crippen LogP contribution in [0.5, 0.6) is 5.75 Å². The van der Waals surface area contributed by atoms with Crippen molar-refractivity contribution in [2.75, 3.05) is 6.61 Å². The molecule has 0 aliphatic heterocycles. The molecule has 0 bridgehead atoms. The third-order valence-electron chi connectivity index (χ3n) is 4.86. The molecule has 0 unspecified atom stereocenters. The molecule has 1 amide bonds. The number of H-pyrrole nitrogens is 2. The van der Waals surface area contributed by atoms with E-state index in [1.807, 2.05) is 42.5 Å². The summed E-state index contributed by atoms with van der Waals surface area (Å²) in [5.41, 5.74) is 4.34. The summed E-state index contributed by atoms with van der Waals surface area (Å²) in [5, 5.41) is 3.94. The van der Waals surface area contributed by atoms with Crippen LogP contribution in [-0.4, -0.2) is 28.7 Å². The van der Waals surface area contributed by atoms with Crippen LogP contribution in [0.15, 0.2) is 69.3 Å². The highest BCUT2D eigenvalue weighted by Crippen LogP contribution is 2.12. The lowest BCUT2D eigenvalue weighted by Crippen LogP contribution is -2.28. The van der Waals surface area contributed by atoms with Crippen LogP contribution < -0.4 is 21.4 Å². The molecule has 0 aliphatic rings. The lowest BCUT2D eigenvalue weighted by Gasteiger charge is -2.06. The van der Waals surface area contributed by atoms with Crippen molar-refractivity contribution in [1.29, 1.82) is 0 Å². The van der Waals surface area contributed by atoms with Gasteiger partial charge in [-0.25, -0.2) is 10.2 Å². The molecule has 0 fully saturated rings. The number of hydrogen-bond donors (Lipinski definition) is 3. The molecule has 32 heavy (non-hydrogen) atoms. The van der Waals surface area contributed by atoms with E-state index in [0.29, 0.717) is 17.9 Å². The van der Waals surface area contributed by atoms with E-state index in [1.165, 1.54) is 11.8 Å². The largest absolute Gasteiger partial charge is 0.494 e. The number of hydrazone groups is 1. The number of aryl methyl sites for hydroxylation is 2. The Balaban J connectivity index is 1.39. The lowest BCUT2D eigenvalue weighted by atomic mass is 10.1. The Bertz CT molecular complexity index is 1170. The molecule has 0 saturated carbocycles. The molecule has 0 saturated heterocycles.